The van der Waals surface area contributed by atoms with E-state index in [-0.39, 0.29) is 11.4 Å². The van der Waals surface area contributed by atoms with E-state index in [4.69, 9.17) is 5.73 Å². The molecule has 2 rings (SSSR count). The second-order valence-electron chi connectivity index (χ2n) is 5.71. The first kappa shape index (κ1) is 14.5. The Morgan fingerprint density at radius 3 is 2.65 bits per heavy atom. The van der Waals surface area contributed by atoms with Gasteiger partial charge in [-0.3, -0.25) is 9.78 Å². The minimum Gasteiger partial charge on any atom is -0.335 e. The average Bonchev–Trinajstić information content (AvgIpc) is 2.44. The van der Waals surface area contributed by atoms with E-state index < -0.39 is 0 Å². The number of benzene rings is 1. The minimum absolute atomic E-state index is 0.0258. The van der Waals surface area contributed by atoms with Gasteiger partial charge in [0.1, 0.15) is 0 Å². The number of likely N-dealkylation sites (N-methyl/N-ethyl adjacent to an activating group) is 1. The third-order valence-electron chi connectivity index (χ3n) is 3.79. The van der Waals surface area contributed by atoms with Crippen LogP contribution in [0.25, 0.3) is 10.9 Å². The van der Waals surface area contributed by atoms with Crippen LogP contribution >= 0.6 is 0 Å². The number of pyridine rings is 1. The lowest BCUT2D eigenvalue weighted by molar-refractivity contribution is 0.0642. The van der Waals surface area contributed by atoms with Crippen molar-refractivity contribution in [2.45, 2.75) is 26.3 Å². The van der Waals surface area contributed by atoms with Gasteiger partial charge < -0.3 is 10.6 Å². The molecule has 4 nitrogen and oxygen atoms in total. The Balaban J connectivity index is 2.55. The van der Waals surface area contributed by atoms with Crippen LogP contribution in [-0.2, 0) is 0 Å². The van der Waals surface area contributed by atoms with Gasteiger partial charge in [-0.2, -0.15) is 0 Å². The van der Waals surface area contributed by atoms with Crippen LogP contribution < -0.4 is 5.73 Å². The fourth-order valence-corrected chi connectivity index (χ4v) is 2.08. The van der Waals surface area contributed by atoms with E-state index in [1.165, 1.54) is 0 Å². The summed E-state index contributed by atoms with van der Waals surface area (Å²) in [7, 11) is 1.79. The molecule has 1 aromatic carbocycles. The zero-order chi connectivity index (χ0) is 14.9. The van der Waals surface area contributed by atoms with E-state index in [9.17, 15) is 4.79 Å². The van der Waals surface area contributed by atoms with Gasteiger partial charge in [-0.15, -0.1) is 0 Å². The zero-order valence-corrected chi connectivity index (χ0v) is 12.5. The molecule has 1 aromatic heterocycles. The van der Waals surface area contributed by atoms with Crippen molar-refractivity contribution in [1.82, 2.24) is 9.88 Å². The summed E-state index contributed by atoms with van der Waals surface area (Å²) in [6, 6.07) is 9.54. The molecule has 0 aliphatic heterocycles. The highest BCUT2D eigenvalue weighted by Crippen LogP contribution is 2.22. The van der Waals surface area contributed by atoms with Crippen molar-refractivity contribution in [3.63, 3.8) is 0 Å². The van der Waals surface area contributed by atoms with Crippen LogP contribution in [0.4, 0.5) is 0 Å². The number of hydrogen-bond acceptors (Lipinski definition) is 3. The standard InChI is InChI=1S/C16H21N3O/c1-11-9-13(12-7-5-6-8-14(12)18-11)15(20)19(4)16(2,3)10-17/h5-9H,10,17H2,1-4H3. The van der Waals surface area contributed by atoms with Crippen molar-refractivity contribution in [3.8, 4) is 0 Å². The van der Waals surface area contributed by atoms with Crippen molar-refractivity contribution >= 4 is 16.8 Å². The van der Waals surface area contributed by atoms with Gasteiger partial charge in [0.25, 0.3) is 5.91 Å². The van der Waals surface area contributed by atoms with Gasteiger partial charge >= 0.3 is 0 Å². The predicted octanol–water partition coefficient (Wildman–Crippen LogP) is 2.35. The highest BCUT2D eigenvalue weighted by molar-refractivity contribution is 6.06. The van der Waals surface area contributed by atoms with Gasteiger partial charge in [-0.1, -0.05) is 18.2 Å². The molecular weight excluding hydrogens is 250 g/mol. The topological polar surface area (TPSA) is 59.2 Å². The predicted molar refractivity (Wildman–Crippen MR) is 81.7 cm³/mol. The van der Waals surface area contributed by atoms with Crippen LogP contribution in [-0.4, -0.2) is 34.9 Å². The lowest BCUT2D eigenvalue weighted by Crippen LogP contribution is -2.50. The molecular formula is C16H21N3O. The molecule has 20 heavy (non-hydrogen) atoms. The molecule has 1 heterocycles. The second kappa shape index (κ2) is 5.21. The molecule has 2 N–H and O–H groups in total. The molecule has 0 bridgehead atoms. The Morgan fingerprint density at radius 1 is 1.35 bits per heavy atom. The number of nitrogens with two attached hydrogens (primary N) is 1. The Morgan fingerprint density at radius 2 is 2.00 bits per heavy atom. The molecule has 0 saturated carbocycles. The minimum atomic E-state index is -0.380. The molecule has 0 saturated heterocycles. The third-order valence-corrected chi connectivity index (χ3v) is 3.79. The van der Waals surface area contributed by atoms with Crippen LogP contribution in [0, 0.1) is 6.92 Å². The smallest absolute Gasteiger partial charge is 0.254 e. The number of amides is 1. The molecule has 2 aromatic rings. The number of hydrogen-bond donors (Lipinski definition) is 1. The van der Waals surface area contributed by atoms with E-state index in [1.54, 1.807) is 11.9 Å². The van der Waals surface area contributed by atoms with Gasteiger partial charge in [-0.05, 0) is 32.9 Å². The molecule has 0 spiro atoms. The molecule has 1 amide bonds. The van der Waals surface area contributed by atoms with Gasteiger partial charge in [-0.25, -0.2) is 0 Å². The maximum absolute atomic E-state index is 12.8. The van der Waals surface area contributed by atoms with Crippen molar-refractivity contribution in [1.29, 1.82) is 0 Å². The first-order valence-corrected chi connectivity index (χ1v) is 6.71. The van der Waals surface area contributed by atoms with Crippen LogP contribution in [0.1, 0.15) is 29.9 Å². The van der Waals surface area contributed by atoms with Crippen molar-refractivity contribution in [2.75, 3.05) is 13.6 Å². The first-order valence-electron chi connectivity index (χ1n) is 6.71. The molecule has 0 radical (unpaired) electrons. The van der Waals surface area contributed by atoms with Gasteiger partial charge in [0.05, 0.1) is 11.1 Å². The van der Waals surface area contributed by atoms with E-state index in [1.807, 2.05) is 51.1 Å². The molecule has 0 atom stereocenters. The van der Waals surface area contributed by atoms with E-state index in [2.05, 4.69) is 4.98 Å². The number of aryl methyl sites for hydroxylation is 1. The normalized spacial score (nSPS) is 11.7. The summed E-state index contributed by atoms with van der Waals surface area (Å²) >= 11 is 0. The summed E-state index contributed by atoms with van der Waals surface area (Å²) in [5.41, 5.74) is 7.74. The van der Waals surface area contributed by atoms with Crippen molar-refractivity contribution in [3.05, 3.63) is 41.6 Å². The van der Waals surface area contributed by atoms with Gasteiger partial charge in [0.15, 0.2) is 0 Å². The largest absolute Gasteiger partial charge is 0.335 e. The zero-order valence-electron chi connectivity index (χ0n) is 12.5. The molecule has 0 fully saturated rings. The quantitative estimate of drug-likeness (QED) is 0.932. The Labute approximate surface area is 119 Å². The number of nitrogens with zero attached hydrogens (tertiary/aromatic N) is 2. The molecule has 0 unspecified atom stereocenters. The maximum Gasteiger partial charge on any atom is 0.254 e. The summed E-state index contributed by atoms with van der Waals surface area (Å²) < 4.78 is 0. The van der Waals surface area contributed by atoms with Crippen LogP contribution in [0.5, 0.6) is 0 Å². The van der Waals surface area contributed by atoms with Gasteiger partial charge in [0.2, 0.25) is 0 Å². The highest BCUT2D eigenvalue weighted by atomic mass is 16.2. The van der Waals surface area contributed by atoms with Crippen molar-refractivity contribution < 1.29 is 4.79 Å². The summed E-state index contributed by atoms with van der Waals surface area (Å²) in [4.78, 5) is 18.9. The number of aromatic nitrogens is 1. The summed E-state index contributed by atoms with van der Waals surface area (Å²) in [5.74, 6) is -0.0258. The third kappa shape index (κ3) is 2.51. The van der Waals surface area contributed by atoms with E-state index >= 15 is 0 Å². The van der Waals surface area contributed by atoms with Crippen molar-refractivity contribution in [2.24, 2.45) is 5.73 Å². The number of para-hydroxylation sites is 1. The first-order chi connectivity index (χ1) is 9.36. The Bertz CT molecular complexity index is 649. The van der Waals surface area contributed by atoms with E-state index in [0.29, 0.717) is 12.1 Å². The van der Waals surface area contributed by atoms with E-state index in [0.717, 1.165) is 16.6 Å². The van der Waals surface area contributed by atoms with Crippen LogP contribution in [0.3, 0.4) is 0 Å². The molecule has 0 aliphatic rings. The lowest BCUT2D eigenvalue weighted by atomic mass is 10.0. The molecule has 4 heteroatoms. The highest BCUT2D eigenvalue weighted by Gasteiger charge is 2.28. The Kier molecular flexibility index (Phi) is 3.77. The number of rotatable bonds is 3. The summed E-state index contributed by atoms with van der Waals surface area (Å²) in [6.45, 7) is 6.23. The molecule has 0 aliphatic carbocycles. The fourth-order valence-electron chi connectivity index (χ4n) is 2.08. The molecule has 106 valence electrons. The summed E-state index contributed by atoms with van der Waals surface area (Å²) in [5, 5.41) is 0.878. The fraction of sp³-hybridized carbons (Fsp3) is 0.375. The van der Waals surface area contributed by atoms with Crippen LogP contribution in [0.15, 0.2) is 30.3 Å². The maximum atomic E-state index is 12.8. The SMILES string of the molecule is Cc1cc(C(=O)N(C)C(C)(C)CN)c2ccccc2n1. The Hall–Kier alpha value is -1.94. The van der Waals surface area contributed by atoms with Crippen LogP contribution in [0.2, 0.25) is 0 Å². The second-order valence-corrected chi connectivity index (χ2v) is 5.71. The number of carbonyl (C=O) groups is 1. The lowest BCUT2D eigenvalue weighted by Gasteiger charge is -2.34. The average molecular weight is 271 g/mol. The monoisotopic (exact) mass is 271 g/mol. The van der Waals surface area contributed by atoms with Gasteiger partial charge in [0, 0.05) is 30.2 Å². The number of fused-ring (bicyclic) bond motifs is 1. The number of carbonyl (C=O) groups excluding carboxylic acids is 1. The summed E-state index contributed by atoms with van der Waals surface area (Å²) in [6.07, 6.45) is 0.